The molecule has 0 fully saturated rings. The maximum absolute atomic E-state index is 10.4. The topological polar surface area (TPSA) is 74.6 Å². The lowest BCUT2D eigenvalue weighted by Crippen LogP contribution is -1.93. The van der Waals surface area contributed by atoms with Gasteiger partial charge in [0, 0.05) is 25.7 Å². The van der Waals surface area contributed by atoms with Crippen molar-refractivity contribution in [3.8, 4) is 23.7 Å². The van der Waals surface area contributed by atoms with E-state index in [1.807, 2.05) is 0 Å². The zero-order valence-corrected chi connectivity index (χ0v) is 16.0. The summed E-state index contributed by atoms with van der Waals surface area (Å²) < 4.78 is 0. The normalized spacial score (nSPS) is 9.69. The lowest BCUT2D eigenvalue weighted by Gasteiger charge is -2.02. The molecule has 0 aromatic rings. The van der Waals surface area contributed by atoms with Gasteiger partial charge in [0.15, 0.2) is 0 Å². The molecule has 0 saturated carbocycles. The van der Waals surface area contributed by atoms with Gasteiger partial charge in [-0.3, -0.25) is 9.59 Å². The van der Waals surface area contributed by atoms with Crippen LogP contribution in [0.1, 0.15) is 103 Å². The molecule has 0 aromatic carbocycles. The van der Waals surface area contributed by atoms with Crippen molar-refractivity contribution in [3.05, 3.63) is 0 Å². The molecule has 0 unspecified atom stereocenters. The van der Waals surface area contributed by atoms with E-state index in [4.69, 9.17) is 10.2 Å². The monoisotopic (exact) mass is 362 g/mol. The first-order valence-corrected chi connectivity index (χ1v) is 10.0. The van der Waals surface area contributed by atoms with Crippen molar-refractivity contribution in [1.82, 2.24) is 0 Å². The van der Waals surface area contributed by atoms with Crippen molar-refractivity contribution >= 4 is 11.9 Å². The second-order valence-corrected chi connectivity index (χ2v) is 6.63. The summed E-state index contributed by atoms with van der Waals surface area (Å²) in [6.07, 6.45) is 15.6. The molecule has 0 rings (SSSR count). The average molecular weight is 363 g/mol. The van der Waals surface area contributed by atoms with Crippen LogP contribution in [0.15, 0.2) is 0 Å². The van der Waals surface area contributed by atoms with Crippen LogP contribution in [-0.2, 0) is 9.59 Å². The average Bonchev–Trinajstić information content (AvgIpc) is 2.59. The van der Waals surface area contributed by atoms with E-state index in [1.165, 1.54) is 44.9 Å². The van der Waals surface area contributed by atoms with E-state index in [2.05, 4.69) is 23.7 Å². The Morgan fingerprint density at radius 1 is 0.500 bits per heavy atom. The van der Waals surface area contributed by atoms with Gasteiger partial charge in [0.2, 0.25) is 0 Å². The quantitative estimate of drug-likeness (QED) is 0.285. The van der Waals surface area contributed by atoms with Gasteiger partial charge in [-0.05, 0) is 31.1 Å². The molecule has 0 amide bonds. The predicted molar refractivity (Wildman–Crippen MR) is 105 cm³/mol. The van der Waals surface area contributed by atoms with E-state index in [1.54, 1.807) is 0 Å². The van der Waals surface area contributed by atoms with E-state index in [9.17, 15) is 9.59 Å². The van der Waals surface area contributed by atoms with Crippen LogP contribution < -0.4 is 0 Å². The Bertz CT molecular complexity index is 488. The van der Waals surface area contributed by atoms with Gasteiger partial charge < -0.3 is 10.2 Å². The third kappa shape index (κ3) is 22.1. The first-order chi connectivity index (χ1) is 12.6. The summed E-state index contributed by atoms with van der Waals surface area (Å²) in [5.74, 6) is 10.1. The lowest BCUT2D eigenvalue weighted by molar-refractivity contribution is -0.138. The summed E-state index contributed by atoms with van der Waals surface area (Å²) in [6, 6.07) is 0. The zero-order valence-electron chi connectivity index (χ0n) is 16.0. The molecule has 0 heterocycles. The maximum atomic E-state index is 10.4. The highest BCUT2D eigenvalue weighted by molar-refractivity contribution is 5.66. The van der Waals surface area contributed by atoms with Crippen molar-refractivity contribution < 1.29 is 19.8 Å². The molecule has 146 valence electrons. The molecule has 0 aliphatic heterocycles. The first-order valence-electron chi connectivity index (χ1n) is 10.0. The molecule has 4 heteroatoms. The largest absolute Gasteiger partial charge is 0.481 e. The molecular formula is C22H34O4. The predicted octanol–water partition coefficient (Wildman–Crippen LogP) is 5.40. The fourth-order valence-electron chi connectivity index (χ4n) is 2.62. The smallest absolute Gasteiger partial charge is 0.303 e. The lowest BCUT2D eigenvalue weighted by atomic mass is 10.0. The number of hydrogen-bond acceptors (Lipinski definition) is 2. The van der Waals surface area contributed by atoms with Crippen molar-refractivity contribution in [3.63, 3.8) is 0 Å². The fourth-order valence-corrected chi connectivity index (χ4v) is 2.62. The Kier molecular flexibility index (Phi) is 17.9. The summed E-state index contributed by atoms with van der Waals surface area (Å²) >= 11 is 0. The van der Waals surface area contributed by atoms with Gasteiger partial charge in [-0.2, -0.15) is 0 Å². The van der Waals surface area contributed by atoms with E-state index >= 15 is 0 Å². The molecule has 0 spiro atoms. The van der Waals surface area contributed by atoms with Crippen LogP contribution in [0.3, 0.4) is 0 Å². The molecule has 0 bridgehead atoms. The van der Waals surface area contributed by atoms with Crippen molar-refractivity contribution in [2.45, 2.75) is 103 Å². The molecule has 0 atom stereocenters. The second-order valence-electron chi connectivity index (χ2n) is 6.63. The summed E-state index contributed by atoms with van der Waals surface area (Å²) in [5.41, 5.74) is 0. The first kappa shape index (κ1) is 24.1. The van der Waals surface area contributed by atoms with Crippen LogP contribution in [0.2, 0.25) is 0 Å². The van der Waals surface area contributed by atoms with Gasteiger partial charge in [-0.15, -0.1) is 0 Å². The molecular weight excluding hydrogens is 328 g/mol. The minimum Gasteiger partial charge on any atom is -0.481 e. The number of hydrogen-bond donors (Lipinski definition) is 2. The molecule has 0 aliphatic carbocycles. The summed E-state index contributed by atoms with van der Waals surface area (Å²) in [5, 5.41) is 17.0. The van der Waals surface area contributed by atoms with Gasteiger partial charge in [-0.25, -0.2) is 0 Å². The number of carboxylic acids is 2. The van der Waals surface area contributed by atoms with Gasteiger partial charge >= 0.3 is 11.9 Å². The Morgan fingerprint density at radius 2 is 0.846 bits per heavy atom. The third-order valence-corrected chi connectivity index (χ3v) is 4.12. The van der Waals surface area contributed by atoms with Crippen LogP contribution in [-0.4, -0.2) is 22.2 Å². The Labute approximate surface area is 158 Å². The van der Waals surface area contributed by atoms with Gasteiger partial charge in [-0.1, -0.05) is 69.6 Å². The van der Waals surface area contributed by atoms with E-state index < -0.39 is 11.9 Å². The minimum atomic E-state index is -0.772. The van der Waals surface area contributed by atoms with E-state index in [0.717, 1.165) is 32.1 Å². The van der Waals surface area contributed by atoms with Crippen molar-refractivity contribution in [2.75, 3.05) is 0 Å². The highest BCUT2D eigenvalue weighted by atomic mass is 16.4. The second kappa shape index (κ2) is 19.4. The van der Waals surface area contributed by atoms with Crippen LogP contribution in [0, 0.1) is 23.7 Å². The molecule has 2 N–H and O–H groups in total. The standard InChI is InChI=1S/C22H34O4/c23-21(24)19-17-15-13-11-9-7-5-3-1-2-4-6-8-10-12-14-16-18-20-22(25)26/h1-7,9,11,13,15-20H2,(H,23,24)(H,25,26). The van der Waals surface area contributed by atoms with Crippen molar-refractivity contribution in [1.29, 1.82) is 0 Å². The van der Waals surface area contributed by atoms with Gasteiger partial charge in [0.25, 0.3) is 0 Å². The molecule has 0 aliphatic rings. The summed E-state index contributed by atoms with van der Waals surface area (Å²) in [4.78, 5) is 20.7. The van der Waals surface area contributed by atoms with Crippen LogP contribution >= 0.6 is 0 Å². The number of unbranched alkanes of at least 4 members (excludes halogenated alkanes) is 12. The zero-order chi connectivity index (χ0) is 19.3. The van der Waals surface area contributed by atoms with Crippen LogP contribution in [0.5, 0.6) is 0 Å². The van der Waals surface area contributed by atoms with Gasteiger partial charge in [0.1, 0.15) is 0 Å². The van der Waals surface area contributed by atoms with Crippen LogP contribution in [0.4, 0.5) is 0 Å². The molecule has 4 nitrogen and oxygen atoms in total. The molecule has 0 saturated heterocycles. The Morgan fingerprint density at radius 3 is 1.31 bits per heavy atom. The van der Waals surface area contributed by atoms with E-state index in [-0.39, 0.29) is 6.42 Å². The highest BCUT2D eigenvalue weighted by Crippen LogP contribution is 2.12. The molecule has 0 radical (unpaired) electrons. The number of aliphatic carboxylic acids is 2. The maximum Gasteiger partial charge on any atom is 0.303 e. The van der Waals surface area contributed by atoms with Gasteiger partial charge in [0.05, 0.1) is 0 Å². The number of carboxylic acid groups (broad SMARTS) is 2. The van der Waals surface area contributed by atoms with Crippen LogP contribution in [0.25, 0.3) is 0 Å². The fraction of sp³-hybridized carbons (Fsp3) is 0.727. The Balaban J connectivity index is 3.23. The molecule has 26 heavy (non-hydrogen) atoms. The van der Waals surface area contributed by atoms with E-state index in [0.29, 0.717) is 19.3 Å². The summed E-state index contributed by atoms with van der Waals surface area (Å²) in [7, 11) is 0. The highest BCUT2D eigenvalue weighted by Gasteiger charge is 1.97. The third-order valence-electron chi connectivity index (χ3n) is 4.12. The number of carbonyl (C=O) groups is 2. The summed E-state index contributed by atoms with van der Waals surface area (Å²) in [6.45, 7) is 0. The van der Waals surface area contributed by atoms with Crippen molar-refractivity contribution in [2.24, 2.45) is 0 Å². The minimum absolute atomic E-state index is 0.175. The Hall–Kier alpha value is -1.94. The number of rotatable bonds is 16. The SMILES string of the molecule is O=C(O)CCCC#CC#CCCCCCCCCCCCCCC(=O)O. The molecule has 0 aromatic heterocycles.